The van der Waals surface area contributed by atoms with E-state index in [9.17, 15) is 18.0 Å². The molecule has 162 valence electrons. The predicted molar refractivity (Wildman–Crippen MR) is 111 cm³/mol. The summed E-state index contributed by atoms with van der Waals surface area (Å²) in [5, 5.41) is 3.26. The van der Waals surface area contributed by atoms with E-state index in [0.29, 0.717) is 50.3 Å². The van der Waals surface area contributed by atoms with Crippen molar-refractivity contribution in [1.82, 2.24) is 9.62 Å². The van der Waals surface area contributed by atoms with Gasteiger partial charge in [0.1, 0.15) is 6.04 Å². The van der Waals surface area contributed by atoms with E-state index in [1.807, 2.05) is 0 Å². The lowest BCUT2D eigenvalue weighted by molar-refractivity contribution is -0.143. The molecule has 1 heterocycles. The predicted octanol–water partition coefficient (Wildman–Crippen LogP) is 3.12. The number of esters is 1. The number of halogens is 1. The molecule has 0 aromatic heterocycles. The lowest BCUT2D eigenvalue weighted by Crippen LogP contribution is -2.49. The molecule has 0 spiro atoms. The highest BCUT2D eigenvalue weighted by Crippen LogP contribution is 2.24. The summed E-state index contributed by atoms with van der Waals surface area (Å²) in [6, 6.07) is 5.24. The van der Waals surface area contributed by atoms with Crippen molar-refractivity contribution < 1.29 is 22.7 Å². The van der Waals surface area contributed by atoms with E-state index in [4.69, 9.17) is 16.3 Å². The van der Waals surface area contributed by atoms with Crippen molar-refractivity contribution in [2.24, 2.45) is 0 Å². The minimum atomic E-state index is -3.86. The van der Waals surface area contributed by atoms with Crippen molar-refractivity contribution >= 4 is 33.5 Å². The molecule has 1 N–H and O–H groups in total. The summed E-state index contributed by atoms with van der Waals surface area (Å²) in [4.78, 5) is 24.1. The Balaban J connectivity index is 2.12. The summed E-state index contributed by atoms with van der Waals surface area (Å²) in [6.07, 6.45) is 4.24. The lowest BCUT2D eigenvalue weighted by atomic mass is 10.1. The van der Waals surface area contributed by atoms with E-state index >= 15 is 0 Å². The summed E-state index contributed by atoms with van der Waals surface area (Å²) < 4.78 is 32.8. The number of amides is 1. The average molecular weight is 445 g/mol. The van der Waals surface area contributed by atoms with E-state index in [1.165, 1.54) is 28.6 Å². The van der Waals surface area contributed by atoms with Crippen molar-refractivity contribution in [3.63, 3.8) is 0 Å². The Morgan fingerprint density at radius 3 is 2.62 bits per heavy atom. The Bertz CT molecular complexity index is 783. The Labute approximate surface area is 177 Å². The third-order valence-electron chi connectivity index (χ3n) is 4.84. The van der Waals surface area contributed by atoms with Crippen LogP contribution in [0.5, 0.6) is 0 Å². The monoisotopic (exact) mass is 444 g/mol. The van der Waals surface area contributed by atoms with Gasteiger partial charge in [0, 0.05) is 24.5 Å². The van der Waals surface area contributed by atoms with E-state index < -0.39 is 16.1 Å². The molecule has 1 saturated heterocycles. The normalized spacial score (nSPS) is 17.6. The fourth-order valence-corrected chi connectivity index (χ4v) is 5.11. The second-order valence-electron chi connectivity index (χ2n) is 6.99. The van der Waals surface area contributed by atoms with Gasteiger partial charge < -0.3 is 10.1 Å². The van der Waals surface area contributed by atoms with Crippen LogP contribution < -0.4 is 5.32 Å². The van der Waals surface area contributed by atoms with Gasteiger partial charge >= 0.3 is 5.97 Å². The van der Waals surface area contributed by atoms with Gasteiger partial charge in [-0.15, -0.1) is 0 Å². The van der Waals surface area contributed by atoms with Crippen molar-refractivity contribution in [3.8, 4) is 0 Å². The van der Waals surface area contributed by atoms with Crippen LogP contribution in [0.3, 0.4) is 0 Å². The number of carbonyl (C=O) groups excluding carboxylic acids is 2. The van der Waals surface area contributed by atoms with E-state index in [-0.39, 0.29) is 23.3 Å². The maximum atomic E-state index is 13.3. The highest BCUT2D eigenvalue weighted by molar-refractivity contribution is 7.89. The van der Waals surface area contributed by atoms with Crippen molar-refractivity contribution in [1.29, 1.82) is 0 Å². The van der Waals surface area contributed by atoms with Gasteiger partial charge in [0.15, 0.2) is 0 Å². The molecule has 1 aromatic carbocycles. The largest absolute Gasteiger partial charge is 0.466 e. The standard InChI is InChI=1S/C20H29ClN2O5S/c1-2-28-19(24)9-4-3-7-15-23(18-8-5-6-14-22-20(18)25)29(26,27)17-12-10-16(21)11-13-17/h10-13,18H,2-9,14-15H2,1H3,(H,22,25). The lowest BCUT2D eigenvalue weighted by Gasteiger charge is -2.29. The van der Waals surface area contributed by atoms with E-state index in [0.717, 1.165) is 12.8 Å². The van der Waals surface area contributed by atoms with Crippen LogP contribution >= 0.6 is 11.6 Å². The number of hydrogen-bond acceptors (Lipinski definition) is 5. The molecule has 1 amide bonds. The van der Waals surface area contributed by atoms with Crippen LogP contribution in [0.4, 0.5) is 0 Å². The molecule has 2 rings (SSSR count). The van der Waals surface area contributed by atoms with Crippen molar-refractivity contribution in [3.05, 3.63) is 29.3 Å². The number of benzene rings is 1. The third kappa shape index (κ3) is 6.97. The molecule has 1 fully saturated rings. The van der Waals surface area contributed by atoms with Crippen LogP contribution in [-0.4, -0.2) is 50.3 Å². The molecule has 1 aromatic rings. The SMILES string of the molecule is CCOC(=O)CCCCCN(C1CCCCNC1=O)S(=O)(=O)c1ccc(Cl)cc1. The molecule has 1 atom stereocenters. The minimum absolute atomic E-state index is 0.116. The number of carbonyl (C=O) groups is 2. The molecular weight excluding hydrogens is 416 g/mol. The van der Waals surface area contributed by atoms with Gasteiger partial charge in [-0.1, -0.05) is 18.0 Å². The molecule has 29 heavy (non-hydrogen) atoms. The first-order chi connectivity index (χ1) is 13.9. The molecule has 1 aliphatic rings. The number of unbranched alkanes of at least 4 members (excludes halogenated alkanes) is 2. The number of nitrogens with one attached hydrogen (secondary N) is 1. The Kier molecular flexibility index (Phi) is 9.39. The topological polar surface area (TPSA) is 92.8 Å². The summed E-state index contributed by atoms with van der Waals surface area (Å²) >= 11 is 5.89. The maximum Gasteiger partial charge on any atom is 0.305 e. The first-order valence-electron chi connectivity index (χ1n) is 10.1. The molecule has 9 heteroatoms. The molecular formula is C20H29ClN2O5S. The number of nitrogens with zero attached hydrogens (tertiary/aromatic N) is 1. The fourth-order valence-electron chi connectivity index (χ4n) is 3.33. The van der Waals surface area contributed by atoms with Crippen LogP contribution in [0.2, 0.25) is 5.02 Å². The fraction of sp³-hybridized carbons (Fsp3) is 0.600. The molecule has 0 bridgehead atoms. The van der Waals surface area contributed by atoms with Gasteiger partial charge in [-0.25, -0.2) is 8.42 Å². The first kappa shape index (κ1) is 23.6. The summed E-state index contributed by atoms with van der Waals surface area (Å²) in [5.74, 6) is -0.507. The molecule has 0 radical (unpaired) electrons. The van der Waals surface area contributed by atoms with Crippen molar-refractivity contribution in [2.45, 2.75) is 62.8 Å². The highest BCUT2D eigenvalue weighted by Gasteiger charge is 2.36. The number of ether oxygens (including phenoxy) is 1. The van der Waals surface area contributed by atoms with Crippen LogP contribution in [0.25, 0.3) is 0 Å². The van der Waals surface area contributed by atoms with Crippen LogP contribution in [0.15, 0.2) is 29.2 Å². The van der Waals surface area contributed by atoms with Crippen LogP contribution in [0, 0.1) is 0 Å². The summed E-state index contributed by atoms with van der Waals surface area (Å²) in [7, 11) is -3.86. The summed E-state index contributed by atoms with van der Waals surface area (Å²) in [5.41, 5.74) is 0. The number of hydrogen-bond donors (Lipinski definition) is 1. The Morgan fingerprint density at radius 2 is 1.93 bits per heavy atom. The van der Waals surface area contributed by atoms with Gasteiger partial charge in [0.25, 0.3) is 0 Å². The number of rotatable bonds is 10. The quantitative estimate of drug-likeness (QED) is 0.442. The van der Waals surface area contributed by atoms with Gasteiger partial charge in [-0.2, -0.15) is 4.31 Å². The Hall–Kier alpha value is -1.64. The second kappa shape index (κ2) is 11.5. The first-order valence-corrected chi connectivity index (χ1v) is 11.9. The van der Waals surface area contributed by atoms with Crippen LogP contribution in [-0.2, 0) is 24.3 Å². The van der Waals surface area contributed by atoms with Crippen LogP contribution in [0.1, 0.15) is 51.9 Å². The molecule has 0 aliphatic carbocycles. The zero-order valence-corrected chi connectivity index (χ0v) is 18.3. The maximum absolute atomic E-state index is 13.3. The third-order valence-corrected chi connectivity index (χ3v) is 7.01. The molecule has 0 saturated carbocycles. The van der Waals surface area contributed by atoms with E-state index in [1.54, 1.807) is 6.92 Å². The van der Waals surface area contributed by atoms with Gasteiger partial charge in [-0.3, -0.25) is 9.59 Å². The Morgan fingerprint density at radius 1 is 1.21 bits per heavy atom. The molecule has 7 nitrogen and oxygen atoms in total. The minimum Gasteiger partial charge on any atom is -0.466 e. The second-order valence-corrected chi connectivity index (χ2v) is 9.31. The zero-order valence-electron chi connectivity index (χ0n) is 16.7. The molecule has 1 unspecified atom stereocenters. The zero-order chi connectivity index (χ0) is 21.3. The van der Waals surface area contributed by atoms with Crippen molar-refractivity contribution in [2.75, 3.05) is 19.7 Å². The van der Waals surface area contributed by atoms with Gasteiger partial charge in [0.05, 0.1) is 11.5 Å². The molecule has 1 aliphatic heterocycles. The van der Waals surface area contributed by atoms with E-state index in [2.05, 4.69) is 5.32 Å². The number of sulfonamides is 1. The van der Waals surface area contributed by atoms with Gasteiger partial charge in [0.2, 0.25) is 15.9 Å². The summed E-state index contributed by atoms with van der Waals surface area (Å²) in [6.45, 7) is 2.88. The average Bonchev–Trinajstić information content (AvgIpc) is 2.89. The van der Waals surface area contributed by atoms with Gasteiger partial charge in [-0.05, 0) is 63.3 Å². The smallest absolute Gasteiger partial charge is 0.305 e. The highest BCUT2D eigenvalue weighted by atomic mass is 35.5.